The van der Waals surface area contributed by atoms with E-state index in [1.165, 1.54) is 31.7 Å². The zero-order chi connectivity index (χ0) is 14.0. The first-order valence-corrected chi connectivity index (χ1v) is 7.82. The van der Waals surface area contributed by atoms with Gasteiger partial charge in [0.25, 0.3) is 0 Å². The lowest BCUT2D eigenvalue weighted by atomic mass is 9.88. The van der Waals surface area contributed by atoms with Gasteiger partial charge >= 0.3 is 0 Å². The summed E-state index contributed by atoms with van der Waals surface area (Å²) < 4.78 is 19.4. The molecular formula is C17H24FNO. The second kappa shape index (κ2) is 5.82. The Morgan fingerprint density at radius 2 is 2.15 bits per heavy atom. The van der Waals surface area contributed by atoms with Crippen molar-refractivity contribution in [2.45, 2.75) is 63.1 Å². The van der Waals surface area contributed by atoms with Crippen LogP contribution in [0, 0.1) is 5.82 Å². The third-order valence-electron chi connectivity index (χ3n) is 4.84. The molecule has 0 aromatic heterocycles. The number of hydrogen-bond acceptors (Lipinski definition) is 2. The van der Waals surface area contributed by atoms with Gasteiger partial charge in [0.15, 0.2) is 0 Å². The van der Waals surface area contributed by atoms with E-state index in [4.69, 9.17) is 4.74 Å². The summed E-state index contributed by atoms with van der Waals surface area (Å²) in [5, 5.41) is 3.67. The second-order valence-corrected chi connectivity index (χ2v) is 6.37. The lowest BCUT2D eigenvalue weighted by Crippen LogP contribution is -2.46. The van der Waals surface area contributed by atoms with Crippen LogP contribution in [-0.4, -0.2) is 18.2 Å². The van der Waals surface area contributed by atoms with Crippen molar-refractivity contribution < 1.29 is 9.13 Å². The largest absolute Gasteiger partial charge is 0.375 e. The summed E-state index contributed by atoms with van der Waals surface area (Å²) in [5.41, 5.74) is 1.16. The molecule has 110 valence electrons. The van der Waals surface area contributed by atoms with Gasteiger partial charge in [-0.2, -0.15) is 0 Å². The number of halogens is 1. The zero-order valence-corrected chi connectivity index (χ0v) is 12.2. The lowest BCUT2D eigenvalue weighted by molar-refractivity contribution is -0.0846. The van der Waals surface area contributed by atoms with Crippen LogP contribution in [0.5, 0.6) is 0 Å². The minimum Gasteiger partial charge on any atom is -0.375 e. The standard InChI is InChI=1S/C17H24FNO/c1-13(14-5-4-6-15(18)11-14)19-16-7-10-20-17(12-16)8-2-3-9-17/h4-6,11,13,16,19H,2-3,7-10,12H2,1H3/t13-,16?/m1/s1. The molecule has 0 bridgehead atoms. The minimum absolute atomic E-state index is 0.136. The minimum atomic E-state index is -0.157. The fourth-order valence-electron chi connectivity index (χ4n) is 3.76. The van der Waals surface area contributed by atoms with Crippen LogP contribution >= 0.6 is 0 Å². The molecule has 1 aromatic carbocycles. The Balaban J connectivity index is 1.62. The van der Waals surface area contributed by atoms with Gasteiger partial charge in [-0.3, -0.25) is 0 Å². The summed E-state index contributed by atoms with van der Waals surface area (Å²) in [5.74, 6) is -0.157. The first kappa shape index (κ1) is 14.0. The Hall–Kier alpha value is -0.930. The molecular weight excluding hydrogens is 253 g/mol. The van der Waals surface area contributed by atoms with E-state index in [1.54, 1.807) is 12.1 Å². The Morgan fingerprint density at radius 1 is 1.35 bits per heavy atom. The van der Waals surface area contributed by atoms with Gasteiger partial charge in [-0.15, -0.1) is 0 Å². The van der Waals surface area contributed by atoms with Gasteiger partial charge in [-0.25, -0.2) is 4.39 Å². The van der Waals surface area contributed by atoms with Gasteiger partial charge in [0.05, 0.1) is 5.60 Å². The maximum Gasteiger partial charge on any atom is 0.123 e. The van der Waals surface area contributed by atoms with Crippen molar-refractivity contribution in [3.63, 3.8) is 0 Å². The van der Waals surface area contributed by atoms with Crippen molar-refractivity contribution in [1.29, 1.82) is 0 Å². The summed E-state index contributed by atoms with van der Waals surface area (Å²) in [6, 6.07) is 7.57. The summed E-state index contributed by atoms with van der Waals surface area (Å²) in [6.45, 7) is 2.97. The van der Waals surface area contributed by atoms with Crippen LogP contribution in [0.3, 0.4) is 0 Å². The van der Waals surface area contributed by atoms with Crippen molar-refractivity contribution in [3.8, 4) is 0 Å². The molecule has 0 amide bonds. The number of nitrogens with one attached hydrogen (secondary N) is 1. The highest BCUT2D eigenvalue weighted by molar-refractivity contribution is 5.19. The molecule has 2 fully saturated rings. The molecule has 2 nitrogen and oxygen atoms in total. The smallest absolute Gasteiger partial charge is 0.123 e. The van der Waals surface area contributed by atoms with Crippen molar-refractivity contribution in [1.82, 2.24) is 5.32 Å². The van der Waals surface area contributed by atoms with Crippen LogP contribution < -0.4 is 5.32 Å². The van der Waals surface area contributed by atoms with E-state index in [-0.39, 0.29) is 17.5 Å². The maximum absolute atomic E-state index is 13.3. The second-order valence-electron chi connectivity index (χ2n) is 6.37. The van der Waals surface area contributed by atoms with Gasteiger partial charge in [-0.05, 0) is 50.3 Å². The predicted molar refractivity (Wildman–Crippen MR) is 78.1 cm³/mol. The summed E-state index contributed by atoms with van der Waals surface area (Å²) >= 11 is 0. The Morgan fingerprint density at radius 3 is 2.90 bits per heavy atom. The molecule has 3 rings (SSSR count). The number of benzene rings is 1. The highest BCUT2D eigenvalue weighted by Gasteiger charge is 2.40. The molecule has 1 unspecified atom stereocenters. The highest BCUT2D eigenvalue weighted by Crippen LogP contribution is 2.40. The molecule has 20 heavy (non-hydrogen) atoms. The van der Waals surface area contributed by atoms with Crippen molar-refractivity contribution in [2.24, 2.45) is 0 Å². The molecule has 1 aliphatic heterocycles. The molecule has 2 aliphatic rings. The molecule has 1 heterocycles. The number of rotatable bonds is 3. The Labute approximate surface area is 120 Å². The number of hydrogen-bond donors (Lipinski definition) is 1. The maximum atomic E-state index is 13.3. The van der Waals surface area contributed by atoms with Crippen LogP contribution in [0.25, 0.3) is 0 Å². The first-order chi connectivity index (χ1) is 9.67. The average molecular weight is 277 g/mol. The number of ether oxygens (including phenoxy) is 1. The van der Waals surface area contributed by atoms with Crippen molar-refractivity contribution >= 4 is 0 Å². The van der Waals surface area contributed by atoms with E-state index >= 15 is 0 Å². The zero-order valence-electron chi connectivity index (χ0n) is 12.2. The van der Waals surface area contributed by atoms with E-state index < -0.39 is 0 Å². The molecule has 3 heteroatoms. The van der Waals surface area contributed by atoms with E-state index in [9.17, 15) is 4.39 Å². The molecule has 2 atom stereocenters. The molecule has 0 radical (unpaired) electrons. The molecule has 1 aromatic rings. The van der Waals surface area contributed by atoms with Crippen molar-refractivity contribution in [3.05, 3.63) is 35.6 Å². The van der Waals surface area contributed by atoms with Gasteiger partial charge in [0.2, 0.25) is 0 Å². The van der Waals surface area contributed by atoms with Gasteiger partial charge < -0.3 is 10.1 Å². The highest BCUT2D eigenvalue weighted by atomic mass is 19.1. The SMILES string of the molecule is C[C@@H](NC1CCOC2(CCCC2)C1)c1cccc(F)c1. The van der Waals surface area contributed by atoms with E-state index in [1.807, 2.05) is 6.07 Å². The van der Waals surface area contributed by atoms with Crippen LogP contribution in [-0.2, 0) is 4.74 Å². The van der Waals surface area contributed by atoms with Crippen LogP contribution in [0.2, 0.25) is 0 Å². The van der Waals surface area contributed by atoms with Gasteiger partial charge in [0, 0.05) is 18.7 Å². The molecule has 1 saturated carbocycles. The fourth-order valence-corrected chi connectivity index (χ4v) is 3.76. The molecule has 1 saturated heterocycles. The quantitative estimate of drug-likeness (QED) is 0.902. The third kappa shape index (κ3) is 3.04. The predicted octanol–water partition coefficient (Wildman–Crippen LogP) is 3.97. The van der Waals surface area contributed by atoms with Gasteiger partial charge in [0.1, 0.15) is 5.82 Å². The topological polar surface area (TPSA) is 21.3 Å². The van der Waals surface area contributed by atoms with Crippen LogP contribution in [0.15, 0.2) is 24.3 Å². The van der Waals surface area contributed by atoms with Gasteiger partial charge in [-0.1, -0.05) is 25.0 Å². The lowest BCUT2D eigenvalue weighted by Gasteiger charge is -2.39. The first-order valence-electron chi connectivity index (χ1n) is 7.82. The molecule has 1 N–H and O–H groups in total. The van der Waals surface area contributed by atoms with E-state index in [0.717, 1.165) is 25.0 Å². The normalized spacial score (nSPS) is 26.8. The molecule has 1 aliphatic carbocycles. The molecule has 1 spiro atoms. The van der Waals surface area contributed by atoms with E-state index in [2.05, 4.69) is 12.2 Å². The fraction of sp³-hybridized carbons (Fsp3) is 0.647. The Kier molecular flexibility index (Phi) is 4.08. The monoisotopic (exact) mass is 277 g/mol. The van der Waals surface area contributed by atoms with Crippen LogP contribution in [0.4, 0.5) is 4.39 Å². The summed E-state index contributed by atoms with van der Waals surface area (Å²) in [7, 11) is 0. The average Bonchev–Trinajstić information content (AvgIpc) is 2.87. The third-order valence-corrected chi connectivity index (χ3v) is 4.84. The van der Waals surface area contributed by atoms with Crippen molar-refractivity contribution in [2.75, 3.05) is 6.61 Å². The van der Waals surface area contributed by atoms with E-state index in [0.29, 0.717) is 6.04 Å². The summed E-state index contributed by atoms with van der Waals surface area (Å²) in [6.07, 6.45) is 7.17. The summed E-state index contributed by atoms with van der Waals surface area (Å²) in [4.78, 5) is 0. The van der Waals surface area contributed by atoms with Crippen LogP contribution in [0.1, 0.15) is 57.1 Å². The Bertz CT molecular complexity index is 456.